The number of ether oxygens (including phenoxy) is 1. The van der Waals surface area contributed by atoms with E-state index in [4.69, 9.17) is 0 Å². The number of rotatable bonds is 2. The average Bonchev–Trinajstić information content (AvgIpc) is 2.39. The molecule has 20 heavy (non-hydrogen) atoms. The zero-order valence-corrected chi connectivity index (χ0v) is 9.51. The Labute approximate surface area is 108 Å². The molecule has 0 N–H and O–H groups in total. The van der Waals surface area contributed by atoms with Crippen molar-refractivity contribution in [2.24, 2.45) is 0 Å². The van der Waals surface area contributed by atoms with Gasteiger partial charge in [0.25, 0.3) is 0 Å². The van der Waals surface area contributed by atoms with Crippen molar-refractivity contribution in [3.05, 3.63) is 53.5 Å². The summed E-state index contributed by atoms with van der Waals surface area (Å²) in [6.45, 7) is 0. The molecule has 0 aliphatic carbocycles. The third kappa shape index (κ3) is 2.84. The first-order chi connectivity index (χ1) is 9.29. The maximum absolute atomic E-state index is 13.3. The van der Waals surface area contributed by atoms with E-state index in [2.05, 4.69) is 9.72 Å². The van der Waals surface area contributed by atoms with Crippen LogP contribution in [0.4, 0.5) is 26.3 Å². The Hall–Kier alpha value is -2.25. The predicted molar refractivity (Wildman–Crippen MR) is 55.6 cm³/mol. The van der Waals surface area contributed by atoms with Gasteiger partial charge in [-0.2, -0.15) is 17.6 Å². The monoisotopic (exact) mass is 293 g/mol. The van der Waals surface area contributed by atoms with Gasteiger partial charge in [-0.25, -0.2) is 13.8 Å². The molecule has 0 bridgehead atoms. The molecule has 0 aliphatic rings. The van der Waals surface area contributed by atoms with Crippen LogP contribution in [0.3, 0.4) is 0 Å². The van der Waals surface area contributed by atoms with Crippen LogP contribution >= 0.6 is 0 Å². The maximum atomic E-state index is 13.3. The Morgan fingerprint density at radius 3 is 2.10 bits per heavy atom. The van der Waals surface area contributed by atoms with Crippen molar-refractivity contribution in [2.75, 3.05) is 0 Å². The summed E-state index contributed by atoms with van der Waals surface area (Å²) in [6, 6.07) is 2.57. The van der Waals surface area contributed by atoms with Crippen LogP contribution in [-0.4, -0.2) is 4.98 Å². The Balaban J connectivity index is 2.30. The van der Waals surface area contributed by atoms with E-state index in [0.29, 0.717) is 24.4 Å². The van der Waals surface area contributed by atoms with E-state index in [1.165, 1.54) is 0 Å². The lowest BCUT2D eigenvalue weighted by Crippen LogP contribution is -2.05. The molecule has 0 radical (unpaired) electrons. The van der Waals surface area contributed by atoms with Crippen LogP contribution in [0.1, 0.15) is 5.56 Å². The molecule has 0 unspecified atom stereocenters. The van der Waals surface area contributed by atoms with Gasteiger partial charge in [-0.15, -0.1) is 0 Å². The summed E-state index contributed by atoms with van der Waals surface area (Å²) in [5.74, 6) is -5.72. The maximum Gasteiger partial charge on any atom is 0.417 e. The Morgan fingerprint density at radius 2 is 1.55 bits per heavy atom. The second-order valence-electron chi connectivity index (χ2n) is 3.66. The van der Waals surface area contributed by atoms with Crippen molar-refractivity contribution in [2.45, 2.75) is 6.18 Å². The lowest BCUT2D eigenvalue weighted by atomic mass is 10.3. The molecule has 8 heteroatoms. The lowest BCUT2D eigenvalue weighted by molar-refractivity contribution is -0.137. The summed E-state index contributed by atoms with van der Waals surface area (Å²) in [4.78, 5) is 3.25. The number of benzene rings is 1. The minimum absolute atomic E-state index is 0.435. The molecular weight excluding hydrogens is 288 g/mol. The first-order valence-corrected chi connectivity index (χ1v) is 5.13. The fourth-order valence-corrected chi connectivity index (χ4v) is 1.31. The number of hydrogen-bond acceptors (Lipinski definition) is 2. The molecule has 0 aliphatic heterocycles. The first-order valence-electron chi connectivity index (χ1n) is 5.13. The van der Waals surface area contributed by atoms with Gasteiger partial charge < -0.3 is 4.74 Å². The van der Waals surface area contributed by atoms with Crippen LogP contribution in [0, 0.1) is 17.5 Å². The molecule has 0 amide bonds. The number of aromatic nitrogens is 1. The molecule has 1 aromatic carbocycles. The highest BCUT2D eigenvalue weighted by molar-refractivity contribution is 5.31. The SMILES string of the molecule is Fc1ccc(F)c(Oc2ccc(C(F)(F)F)cn2)c1F. The second kappa shape index (κ2) is 5.03. The van der Waals surface area contributed by atoms with Gasteiger partial charge in [-0.3, -0.25) is 0 Å². The number of pyridine rings is 1. The van der Waals surface area contributed by atoms with Gasteiger partial charge in [0.1, 0.15) is 0 Å². The van der Waals surface area contributed by atoms with Crippen LogP contribution in [0.25, 0.3) is 0 Å². The lowest BCUT2D eigenvalue weighted by Gasteiger charge is -2.09. The third-order valence-corrected chi connectivity index (χ3v) is 2.27. The molecule has 106 valence electrons. The molecule has 2 aromatic rings. The van der Waals surface area contributed by atoms with E-state index >= 15 is 0 Å². The molecule has 2 rings (SSSR count). The standard InChI is InChI=1S/C12H5F6NO/c13-7-2-3-8(14)11(10(7)15)20-9-4-1-6(5-19-9)12(16,17)18/h1-5H. The minimum Gasteiger partial charge on any atom is -0.433 e. The van der Waals surface area contributed by atoms with Crippen molar-refractivity contribution >= 4 is 0 Å². The Morgan fingerprint density at radius 1 is 0.900 bits per heavy atom. The number of nitrogens with zero attached hydrogens (tertiary/aromatic N) is 1. The number of hydrogen-bond donors (Lipinski definition) is 0. The van der Waals surface area contributed by atoms with E-state index in [-0.39, 0.29) is 0 Å². The second-order valence-corrected chi connectivity index (χ2v) is 3.66. The third-order valence-electron chi connectivity index (χ3n) is 2.27. The quantitative estimate of drug-likeness (QED) is 0.608. The smallest absolute Gasteiger partial charge is 0.417 e. The van der Waals surface area contributed by atoms with E-state index < -0.39 is 40.8 Å². The normalized spacial score (nSPS) is 11.5. The van der Waals surface area contributed by atoms with Crippen molar-refractivity contribution < 1.29 is 31.1 Å². The molecule has 0 spiro atoms. The van der Waals surface area contributed by atoms with E-state index in [0.717, 1.165) is 6.07 Å². The van der Waals surface area contributed by atoms with Crippen LogP contribution in [0.15, 0.2) is 30.5 Å². The largest absolute Gasteiger partial charge is 0.433 e. The molecular formula is C12H5F6NO. The Kier molecular flexibility index (Phi) is 3.56. The molecule has 2 nitrogen and oxygen atoms in total. The van der Waals surface area contributed by atoms with Crippen molar-refractivity contribution in [1.82, 2.24) is 4.98 Å². The molecule has 0 atom stereocenters. The van der Waals surface area contributed by atoms with Crippen molar-refractivity contribution in [3.8, 4) is 11.6 Å². The number of halogens is 6. The summed E-state index contributed by atoms with van der Waals surface area (Å²) in [6.07, 6.45) is -4.16. The van der Waals surface area contributed by atoms with E-state index in [9.17, 15) is 26.3 Å². The molecule has 0 saturated heterocycles. The summed E-state index contributed by atoms with van der Waals surface area (Å²) in [5, 5.41) is 0. The molecule has 0 fully saturated rings. The Bertz CT molecular complexity index is 623. The number of alkyl halides is 3. The molecule has 1 aromatic heterocycles. The van der Waals surface area contributed by atoms with Crippen LogP contribution in [0.5, 0.6) is 11.6 Å². The van der Waals surface area contributed by atoms with Crippen molar-refractivity contribution in [3.63, 3.8) is 0 Å². The first kappa shape index (κ1) is 14.2. The van der Waals surface area contributed by atoms with Crippen LogP contribution in [0.2, 0.25) is 0 Å². The van der Waals surface area contributed by atoms with Gasteiger partial charge >= 0.3 is 6.18 Å². The van der Waals surface area contributed by atoms with Crippen LogP contribution < -0.4 is 4.74 Å². The van der Waals surface area contributed by atoms with E-state index in [1.807, 2.05) is 0 Å². The minimum atomic E-state index is -4.60. The fraction of sp³-hybridized carbons (Fsp3) is 0.0833. The zero-order chi connectivity index (χ0) is 14.9. The van der Waals surface area contributed by atoms with Gasteiger partial charge in [0.05, 0.1) is 5.56 Å². The van der Waals surface area contributed by atoms with Gasteiger partial charge in [-0.1, -0.05) is 0 Å². The summed E-state index contributed by atoms with van der Waals surface area (Å²) < 4.78 is 80.9. The van der Waals surface area contributed by atoms with Crippen molar-refractivity contribution in [1.29, 1.82) is 0 Å². The summed E-state index contributed by atoms with van der Waals surface area (Å²) >= 11 is 0. The fourth-order valence-electron chi connectivity index (χ4n) is 1.31. The van der Waals surface area contributed by atoms with E-state index in [1.54, 1.807) is 0 Å². The van der Waals surface area contributed by atoms with Gasteiger partial charge in [0, 0.05) is 12.3 Å². The van der Waals surface area contributed by atoms with Gasteiger partial charge in [0.15, 0.2) is 11.6 Å². The zero-order valence-electron chi connectivity index (χ0n) is 9.51. The van der Waals surface area contributed by atoms with Crippen LogP contribution in [-0.2, 0) is 6.18 Å². The summed E-state index contributed by atoms with van der Waals surface area (Å²) in [5.41, 5.74) is -1.05. The predicted octanol–water partition coefficient (Wildman–Crippen LogP) is 4.31. The highest BCUT2D eigenvalue weighted by Crippen LogP contribution is 2.31. The average molecular weight is 293 g/mol. The van der Waals surface area contributed by atoms with Gasteiger partial charge in [-0.05, 0) is 18.2 Å². The topological polar surface area (TPSA) is 22.1 Å². The molecule has 1 heterocycles. The highest BCUT2D eigenvalue weighted by Gasteiger charge is 2.30. The highest BCUT2D eigenvalue weighted by atomic mass is 19.4. The summed E-state index contributed by atoms with van der Waals surface area (Å²) in [7, 11) is 0. The molecule has 0 saturated carbocycles. The van der Waals surface area contributed by atoms with Gasteiger partial charge in [0.2, 0.25) is 17.4 Å².